The second-order valence-corrected chi connectivity index (χ2v) is 13.6. The van der Waals surface area contributed by atoms with Crippen LogP contribution in [0.3, 0.4) is 0 Å². The van der Waals surface area contributed by atoms with Crippen molar-refractivity contribution in [1.29, 1.82) is 0 Å². The molecule has 1 aromatic heterocycles. The van der Waals surface area contributed by atoms with Crippen molar-refractivity contribution >= 4 is 10.9 Å². The van der Waals surface area contributed by atoms with E-state index in [9.17, 15) is 20.1 Å². The molecule has 0 saturated heterocycles. The SMILES string of the molecule is CC(C)N(CC[C@H](c1ccccc1)c1cc(CCOc2ccc(CCNCC(O)c3ccc(O)c4[nH]c(=O)ccc34)cc2)ccc1O)C(C)C. The molecule has 0 saturated carbocycles. The van der Waals surface area contributed by atoms with Crippen LogP contribution in [0, 0.1) is 0 Å². The van der Waals surface area contributed by atoms with Crippen LogP contribution in [0.4, 0.5) is 0 Å². The maximum Gasteiger partial charge on any atom is 0.248 e. The fraction of sp³-hybridized carbons (Fsp3) is 0.357. The van der Waals surface area contributed by atoms with Crippen LogP contribution in [0.5, 0.6) is 17.2 Å². The lowest BCUT2D eigenvalue weighted by molar-refractivity contribution is 0.170. The summed E-state index contributed by atoms with van der Waals surface area (Å²) < 4.78 is 6.11. The number of hydrogen-bond donors (Lipinski definition) is 5. The molecule has 0 radical (unpaired) electrons. The molecule has 5 N–H and O–H groups in total. The number of pyridine rings is 1. The van der Waals surface area contributed by atoms with Gasteiger partial charge in [-0.1, -0.05) is 60.7 Å². The van der Waals surface area contributed by atoms with E-state index >= 15 is 0 Å². The Morgan fingerprint density at radius 1 is 0.780 bits per heavy atom. The highest BCUT2D eigenvalue weighted by atomic mass is 16.5. The van der Waals surface area contributed by atoms with E-state index in [4.69, 9.17) is 4.74 Å². The van der Waals surface area contributed by atoms with E-state index in [2.05, 4.69) is 85.4 Å². The fourth-order valence-electron chi connectivity index (χ4n) is 6.79. The summed E-state index contributed by atoms with van der Waals surface area (Å²) in [6, 6.07) is 31.6. The minimum Gasteiger partial charge on any atom is -0.508 e. The van der Waals surface area contributed by atoms with Crippen molar-refractivity contribution < 1.29 is 20.1 Å². The first-order valence-corrected chi connectivity index (χ1v) is 17.7. The molecule has 5 aromatic rings. The Bertz CT molecular complexity index is 1860. The molecular formula is C42H51N3O5. The number of nitrogens with one attached hydrogen (secondary N) is 2. The molecule has 50 heavy (non-hydrogen) atoms. The molecule has 0 amide bonds. The molecule has 1 unspecified atom stereocenters. The highest BCUT2D eigenvalue weighted by molar-refractivity contribution is 5.87. The van der Waals surface area contributed by atoms with Gasteiger partial charge >= 0.3 is 0 Å². The highest BCUT2D eigenvalue weighted by Crippen LogP contribution is 2.35. The van der Waals surface area contributed by atoms with Crippen LogP contribution in [0.2, 0.25) is 0 Å². The second-order valence-electron chi connectivity index (χ2n) is 13.6. The Morgan fingerprint density at radius 3 is 2.20 bits per heavy atom. The fourth-order valence-corrected chi connectivity index (χ4v) is 6.79. The number of fused-ring (bicyclic) bond motifs is 1. The zero-order chi connectivity index (χ0) is 35.6. The summed E-state index contributed by atoms with van der Waals surface area (Å²) >= 11 is 0. The Hall–Kier alpha value is -4.63. The monoisotopic (exact) mass is 677 g/mol. The normalized spacial score (nSPS) is 13.0. The third kappa shape index (κ3) is 9.53. The van der Waals surface area contributed by atoms with Gasteiger partial charge in [-0.3, -0.25) is 9.69 Å². The van der Waals surface area contributed by atoms with Crippen molar-refractivity contribution in [3.8, 4) is 17.2 Å². The average molecular weight is 678 g/mol. The summed E-state index contributed by atoms with van der Waals surface area (Å²) in [7, 11) is 0. The molecule has 5 rings (SSSR count). The van der Waals surface area contributed by atoms with Crippen molar-refractivity contribution in [2.75, 3.05) is 26.2 Å². The van der Waals surface area contributed by atoms with E-state index in [1.54, 1.807) is 12.1 Å². The van der Waals surface area contributed by atoms with Gasteiger partial charge in [0.25, 0.3) is 0 Å². The first-order valence-electron chi connectivity index (χ1n) is 17.7. The molecule has 0 aliphatic heterocycles. The maximum atomic E-state index is 11.7. The predicted octanol–water partition coefficient (Wildman–Crippen LogP) is 7.07. The lowest BCUT2D eigenvalue weighted by atomic mass is 9.86. The third-order valence-corrected chi connectivity index (χ3v) is 9.45. The van der Waals surface area contributed by atoms with Gasteiger partial charge in [0, 0.05) is 48.0 Å². The lowest BCUT2D eigenvalue weighted by Crippen LogP contribution is -2.38. The van der Waals surface area contributed by atoms with Gasteiger partial charge in [0.1, 0.15) is 17.2 Å². The van der Waals surface area contributed by atoms with Crippen molar-refractivity contribution in [2.24, 2.45) is 0 Å². The Labute approximate surface area is 295 Å². The quantitative estimate of drug-likeness (QED) is 0.0669. The van der Waals surface area contributed by atoms with Gasteiger partial charge in [0.05, 0.1) is 18.2 Å². The van der Waals surface area contributed by atoms with Gasteiger partial charge in [-0.05, 0) is 106 Å². The number of benzene rings is 4. The van der Waals surface area contributed by atoms with Gasteiger partial charge in [0.15, 0.2) is 0 Å². The zero-order valence-corrected chi connectivity index (χ0v) is 29.6. The summed E-state index contributed by atoms with van der Waals surface area (Å²) in [6.07, 6.45) is 1.62. The van der Waals surface area contributed by atoms with E-state index in [-0.39, 0.29) is 17.2 Å². The van der Waals surface area contributed by atoms with Gasteiger partial charge < -0.3 is 30.4 Å². The minimum atomic E-state index is -0.797. The molecule has 8 nitrogen and oxygen atoms in total. The smallest absolute Gasteiger partial charge is 0.248 e. The van der Waals surface area contributed by atoms with Crippen LogP contribution < -0.4 is 15.6 Å². The summed E-state index contributed by atoms with van der Waals surface area (Å²) in [4.78, 5) is 16.8. The summed E-state index contributed by atoms with van der Waals surface area (Å²) in [5.74, 6) is 1.19. The van der Waals surface area contributed by atoms with Crippen LogP contribution in [-0.2, 0) is 12.8 Å². The van der Waals surface area contributed by atoms with Gasteiger partial charge in [0.2, 0.25) is 5.56 Å². The van der Waals surface area contributed by atoms with E-state index in [0.717, 1.165) is 48.2 Å². The number of aromatic amines is 1. The number of ether oxygens (including phenoxy) is 1. The van der Waals surface area contributed by atoms with E-state index in [1.807, 2.05) is 30.3 Å². The number of rotatable bonds is 17. The van der Waals surface area contributed by atoms with Gasteiger partial charge in [-0.25, -0.2) is 0 Å². The molecule has 2 atom stereocenters. The van der Waals surface area contributed by atoms with Crippen molar-refractivity contribution in [3.05, 3.63) is 135 Å². The molecule has 0 aliphatic carbocycles. The molecule has 1 heterocycles. The average Bonchev–Trinajstić information content (AvgIpc) is 3.10. The standard InChI is InChI=1S/C42H51N3O5/c1-28(2)45(29(3)4)24-21-34(32-8-6-5-7-9-32)37-26-31(12-17-38(37)46)22-25-50-33-13-10-30(11-14-33)20-23-43-27-40(48)35-15-18-39(47)42-36(35)16-19-41(49)44-42/h5-19,26,28-29,34,40,43,46-48H,20-25,27H2,1-4H3,(H,44,49)/t34-,40?/m1/s1. The van der Waals surface area contributed by atoms with E-state index in [1.165, 1.54) is 17.7 Å². The van der Waals surface area contributed by atoms with E-state index in [0.29, 0.717) is 54.0 Å². The van der Waals surface area contributed by atoms with Crippen LogP contribution in [0.1, 0.15) is 74.0 Å². The molecule has 0 spiro atoms. The van der Waals surface area contributed by atoms with Crippen LogP contribution in [0.15, 0.2) is 102 Å². The number of nitrogens with zero attached hydrogens (tertiary/aromatic N) is 1. The number of H-pyrrole nitrogens is 1. The van der Waals surface area contributed by atoms with Crippen molar-refractivity contribution in [1.82, 2.24) is 15.2 Å². The Morgan fingerprint density at radius 2 is 1.48 bits per heavy atom. The van der Waals surface area contributed by atoms with Crippen LogP contribution >= 0.6 is 0 Å². The summed E-state index contributed by atoms with van der Waals surface area (Å²) in [5, 5.41) is 35.8. The Balaban J connectivity index is 1.12. The first kappa shape index (κ1) is 36.6. The molecule has 0 bridgehead atoms. The van der Waals surface area contributed by atoms with E-state index < -0.39 is 6.10 Å². The zero-order valence-electron chi connectivity index (χ0n) is 29.6. The second kappa shape index (κ2) is 17.3. The minimum absolute atomic E-state index is 0.0261. The number of aromatic hydroxyl groups is 2. The largest absolute Gasteiger partial charge is 0.508 e. The topological polar surface area (TPSA) is 118 Å². The number of phenolic OH excluding ortho intramolecular Hbond substituents is 2. The number of hydrogen-bond acceptors (Lipinski definition) is 7. The number of aliphatic hydroxyl groups is 1. The lowest BCUT2D eigenvalue weighted by Gasteiger charge is -2.32. The van der Waals surface area contributed by atoms with Crippen LogP contribution in [-0.4, -0.2) is 63.5 Å². The van der Waals surface area contributed by atoms with Gasteiger partial charge in [-0.15, -0.1) is 0 Å². The molecule has 0 aliphatic rings. The molecular weight excluding hydrogens is 626 g/mol. The predicted molar refractivity (Wildman–Crippen MR) is 201 cm³/mol. The third-order valence-electron chi connectivity index (χ3n) is 9.45. The maximum absolute atomic E-state index is 11.7. The first-order chi connectivity index (χ1) is 24.1. The number of aliphatic hydroxyl groups excluding tert-OH is 1. The van der Waals surface area contributed by atoms with Crippen LogP contribution in [0.25, 0.3) is 10.9 Å². The number of phenols is 2. The Kier molecular flexibility index (Phi) is 12.7. The molecule has 264 valence electrons. The summed E-state index contributed by atoms with van der Waals surface area (Å²) in [5.41, 5.74) is 5.10. The summed E-state index contributed by atoms with van der Waals surface area (Å²) in [6.45, 7) is 11.4. The molecule has 8 heteroatoms. The van der Waals surface area contributed by atoms with Crippen molar-refractivity contribution in [3.63, 3.8) is 0 Å². The van der Waals surface area contributed by atoms with Gasteiger partial charge in [-0.2, -0.15) is 0 Å². The highest BCUT2D eigenvalue weighted by Gasteiger charge is 2.22. The number of aromatic nitrogens is 1. The van der Waals surface area contributed by atoms with Crippen molar-refractivity contribution in [2.45, 2.75) is 71.1 Å². The molecule has 0 fully saturated rings. The molecule has 4 aromatic carbocycles.